The summed E-state index contributed by atoms with van der Waals surface area (Å²) in [5.74, 6) is -2.25. The van der Waals surface area contributed by atoms with E-state index in [1.165, 1.54) is 12.8 Å². The topological polar surface area (TPSA) is 60.9 Å². The van der Waals surface area contributed by atoms with Gasteiger partial charge in [0.25, 0.3) is 0 Å². The van der Waals surface area contributed by atoms with E-state index in [4.69, 9.17) is 0 Å². The third-order valence-corrected chi connectivity index (χ3v) is 7.39. The maximum atomic E-state index is 13.9. The summed E-state index contributed by atoms with van der Waals surface area (Å²) in [6.07, 6.45) is 4.58. The van der Waals surface area contributed by atoms with Gasteiger partial charge in [-0.15, -0.1) is 0 Å². The number of hydrogen-bond donors (Lipinski definition) is 0. The van der Waals surface area contributed by atoms with Gasteiger partial charge in [0.05, 0.1) is 6.54 Å². The summed E-state index contributed by atoms with van der Waals surface area (Å²) in [6.45, 7) is 0.780. The summed E-state index contributed by atoms with van der Waals surface area (Å²) in [7, 11) is -2.33. The van der Waals surface area contributed by atoms with Crippen LogP contribution >= 0.6 is 0 Å². The molecular weight excluding hydrogens is 376 g/mol. The van der Waals surface area contributed by atoms with Crippen molar-refractivity contribution in [3.63, 3.8) is 0 Å². The number of carbonyl (C=O) groups is 1. The minimum atomic E-state index is -4.27. The van der Waals surface area contributed by atoms with E-state index < -0.39 is 26.6 Å². The number of benzene rings is 1. The van der Waals surface area contributed by atoms with Gasteiger partial charge in [0.15, 0.2) is 4.90 Å². The van der Waals surface area contributed by atoms with Gasteiger partial charge in [0.2, 0.25) is 15.9 Å². The van der Waals surface area contributed by atoms with Crippen LogP contribution in [0.3, 0.4) is 0 Å². The number of nitrogens with zero attached hydrogens (tertiary/aromatic N) is 3. The van der Waals surface area contributed by atoms with Crippen molar-refractivity contribution in [3.05, 3.63) is 29.8 Å². The second kappa shape index (κ2) is 8.20. The average molecular weight is 401 g/mol. The van der Waals surface area contributed by atoms with Gasteiger partial charge in [-0.3, -0.25) is 9.69 Å². The predicted octanol–water partition coefficient (Wildman–Crippen LogP) is 1.67. The molecular formula is C18H25F2N3O3S. The molecule has 1 amide bonds. The van der Waals surface area contributed by atoms with Gasteiger partial charge in [0.1, 0.15) is 11.6 Å². The molecule has 1 aromatic carbocycles. The van der Waals surface area contributed by atoms with Crippen LogP contribution in [0.25, 0.3) is 0 Å². The fourth-order valence-electron chi connectivity index (χ4n) is 3.82. The Morgan fingerprint density at radius 2 is 1.67 bits per heavy atom. The molecule has 27 heavy (non-hydrogen) atoms. The highest BCUT2D eigenvalue weighted by atomic mass is 32.2. The minimum absolute atomic E-state index is 0.0228. The van der Waals surface area contributed by atoms with Gasteiger partial charge in [-0.05, 0) is 32.0 Å². The van der Waals surface area contributed by atoms with Crippen LogP contribution in [0.15, 0.2) is 23.1 Å². The van der Waals surface area contributed by atoms with Crippen molar-refractivity contribution in [2.75, 3.05) is 39.8 Å². The van der Waals surface area contributed by atoms with Crippen LogP contribution in [-0.2, 0) is 14.8 Å². The molecule has 0 unspecified atom stereocenters. The Bertz CT molecular complexity index is 769. The predicted molar refractivity (Wildman–Crippen MR) is 96.6 cm³/mol. The number of halogens is 2. The average Bonchev–Trinajstić information content (AvgIpc) is 3.16. The molecule has 2 aliphatic rings. The first-order valence-electron chi connectivity index (χ1n) is 9.23. The molecule has 1 aliphatic heterocycles. The molecule has 0 N–H and O–H groups in total. The number of hydrogen-bond acceptors (Lipinski definition) is 4. The van der Waals surface area contributed by atoms with Crippen molar-refractivity contribution in [1.29, 1.82) is 0 Å². The molecule has 1 saturated heterocycles. The van der Waals surface area contributed by atoms with Crippen LogP contribution in [0.5, 0.6) is 0 Å². The van der Waals surface area contributed by atoms with Gasteiger partial charge in [-0.1, -0.05) is 18.9 Å². The van der Waals surface area contributed by atoms with E-state index in [9.17, 15) is 22.0 Å². The molecule has 150 valence electrons. The van der Waals surface area contributed by atoms with E-state index in [0.717, 1.165) is 35.3 Å². The third-order valence-electron chi connectivity index (χ3n) is 5.44. The number of sulfonamides is 1. The Hall–Kier alpha value is -1.58. The zero-order chi connectivity index (χ0) is 19.6. The lowest BCUT2D eigenvalue weighted by Crippen LogP contribution is -2.53. The van der Waals surface area contributed by atoms with Crippen LogP contribution in [-0.4, -0.2) is 74.2 Å². The number of piperazine rings is 1. The summed E-state index contributed by atoms with van der Waals surface area (Å²) in [5.41, 5.74) is 0. The zero-order valence-electron chi connectivity index (χ0n) is 15.4. The highest BCUT2D eigenvalue weighted by Crippen LogP contribution is 2.24. The molecule has 0 bridgehead atoms. The molecule has 9 heteroatoms. The number of carbonyl (C=O) groups excluding carboxylic acids is 1. The van der Waals surface area contributed by atoms with Crippen molar-refractivity contribution >= 4 is 15.9 Å². The maximum Gasteiger partial charge on any atom is 0.249 e. The summed E-state index contributed by atoms with van der Waals surface area (Å²) in [6, 6.07) is 3.41. The first kappa shape index (κ1) is 20.2. The van der Waals surface area contributed by atoms with Crippen LogP contribution in [0, 0.1) is 11.6 Å². The molecule has 3 rings (SSSR count). The number of amides is 1. The molecule has 0 spiro atoms. The van der Waals surface area contributed by atoms with Gasteiger partial charge >= 0.3 is 0 Å². The zero-order valence-corrected chi connectivity index (χ0v) is 16.2. The second-order valence-corrected chi connectivity index (χ2v) is 9.06. The molecule has 0 radical (unpaired) electrons. The lowest BCUT2D eigenvalue weighted by Gasteiger charge is -2.35. The summed E-state index contributed by atoms with van der Waals surface area (Å²) >= 11 is 0. The molecule has 0 atom stereocenters. The van der Waals surface area contributed by atoms with Crippen molar-refractivity contribution < 1.29 is 22.0 Å². The fourth-order valence-corrected chi connectivity index (χ4v) is 5.35. The molecule has 0 aromatic heterocycles. The highest BCUT2D eigenvalue weighted by Gasteiger charge is 2.34. The van der Waals surface area contributed by atoms with Crippen LogP contribution in [0.1, 0.15) is 25.7 Å². The quantitative estimate of drug-likeness (QED) is 0.753. The lowest BCUT2D eigenvalue weighted by atomic mass is 10.2. The smallest absolute Gasteiger partial charge is 0.249 e. The standard InChI is InChI=1S/C18H25F2N3O3S/c1-21(14-5-2-3-6-14)13-17(24)22-9-11-23(12-10-22)27(25,26)18-15(19)7-4-8-16(18)20/h4,7-8,14H,2-3,5-6,9-13H2,1H3. The van der Waals surface area contributed by atoms with E-state index in [-0.39, 0.29) is 32.1 Å². The van der Waals surface area contributed by atoms with E-state index in [2.05, 4.69) is 4.90 Å². The van der Waals surface area contributed by atoms with E-state index in [1.54, 1.807) is 4.90 Å². The molecule has 6 nitrogen and oxygen atoms in total. The van der Waals surface area contributed by atoms with Crippen LogP contribution in [0.2, 0.25) is 0 Å². The SMILES string of the molecule is CN(CC(=O)N1CCN(S(=O)(=O)c2c(F)cccc2F)CC1)C1CCCC1. The Balaban J connectivity index is 1.60. The highest BCUT2D eigenvalue weighted by molar-refractivity contribution is 7.89. The molecule has 1 saturated carbocycles. The van der Waals surface area contributed by atoms with Crippen molar-refractivity contribution in [2.24, 2.45) is 0 Å². The Labute approximate surface area is 158 Å². The Morgan fingerprint density at radius 1 is 1.11 bits per heavy atom. The molecule has 1 aromatic rings. The lowest BCUT2D eigenvalue weighted by molar-refractivity contribution is -0.133. The monoisotopic (exact) mass is 401 g/mol. The Morgan fingerprint density at radius 3 is 2.22 bits per heavy atom. The molecule has 1 heterocycles. The Kier molecular flexibility index (Phi) is 6.12. The summed E-state index contributed by atoms with van der Waals surface area (Å²) in [5, 5.41) is 0. The van der Waals surface area contributed by atoms with E-state index in [1.807, 2.05) is 7.05 Å². The van der Waals surface area contributed by atoms with Crippen molar-refractivity contribution in [2.45, 2.75) is 36.6 Å². The van der Waals surface area contributed by atoms with Crippen LogP contribution < -0.4 is 0 Å². The summed E-state index contributed by atoms with van der Waals surface area (Å²) < 4.78 is 54.0. The first-order valence-corrected chi connectivity index (χ1v) is 10.7. The number of rotatable bonds is 5. The largest absolute Gasteiger partial charge is 0.339 e. The van der Waals surface area contributed by atoms with Crippen molar-refractivity contribution in [1.82, 2.24) is 14.1 Å². The van der Waals surface area contributed by atoms with E-state index >= 15 is 0 Å². The van der Waals surface area contributed by atoms with E-state index in [0.29, 0.717) is 12.6 Å². The fraction of sp³-hybridized carbons (Fsp3) is 0.611. The van der Waals surface area contributed by atoms with Crippen LogP contribution in [0.4, 0.5) is 8.78 Å². The van der Waals surface area contributed by atoms with Gasteiger partial charge in [-0.25, -0.2) is 17.2 Å². The molecule has 1 aliphatic carbocycles. The second-order valence-electron chi connectivity index (χ2n) is 7.19. The van der Waals surface area contributed by atoms with Gasteiger partial charge in [-0.2, -0.15) is 4.31 Å². The maximum absolute atomic E-state index is 13.9. The first-order chi connectivity index (χ1) is 12.8. The molecule has 2 fully saturated rings. The number of likely N-dealkylation sites (N-methyl/N-ethyl adjacent to an activating group) is 1. The normalized spacial score (nSPS) is 19.8. The van der Waals surface area contributed by atoms with Crippen molar-refractivity contribution in [3.8, 4) is 0 Å². The van der Waals surface area contributed by atoms with Gasteiger partial charge in [0, 0.05) is 32.2 Å². The minimum Gasteiger partial charge on any atom is -0.339 e. The summed E-state index contributed by atoms with van der Waals surface area (Å²) in [4.78, 5) is 15.3. The van der Waals surface area contributed by atoms with Gasteiger partial charge < -0.3 is 4.90 Å². The third kappa shape index (κ3) is 4.30.